The Kier molecular flexibility index (Phi) is 5.19. The van der Waals surface area contributed by atoms with Crippen molar-refractivity contribution in [1.29, 1.82) is 0 Å². The SMILES string of the molecule is CNC(c1cccc(C)c1I)C1CCOC2(CCSC2)C1. The van der Waals surface area contributed by atoms with Gasteiger partial charge in [0.1, 0.15) is 0 Å². The number of benzene rings is 1. The molecule has 3 rings (SSSR count). The van der Waals surface area contributed by atoms with E-state index in [0.717, 1.165) is 6.61 Å². The van der Waals surface area contributed by atoms with Gasteiger partial charge in [0.05, 0.1) is 5.60 Å². The maximum absolute atomic E-state index is 6.19. The molecule has 0 aliphatic carbocycles. The molecule has 1 aromatic rings. The van der Waals surface area contributed by atoms with E-state index in [0.29, 0.717) is 12.0 Å². The van der Waals surface area contributed by atoms with Crippen LogP contribution in [-0.2, 0) is 4.74 Å². The van der Waals surface area contributed by atoms with Crippen LogP contribution in [0.5, 0.6) is 0 Å². The van der Waals surface area contributed by atoms with E-state index in [1.807, 2.05) is 0 Å². The van der Waals surface area contributed by atoms with Crippen LogP contribution in [-0.4, -0.2) is 30.8 Å². The van der Waals surface area contributed by atoms with Gasteiger partial charge in [0.2, 0.25) is 0 Å². The van der Waals surface area contributed by atoms with Gasteiger partial charge < -0.3 is 10.1 Å². The third kappa shape index (κ3) is 3.28. The van der Waals surface area contributed by atoms with Crippen LogP contribution in [0.3, 0.4) is 0 Å². The van der Waals surface area contributed by atoms with Crippen molar-refractivity contribution in [2.45, 2.75) is 37.8 Å². The van der Waals surface area contributed by atoms with Crippen molar-refractivity contribution in [3.05, 3.63) is 32.9 Å². The van der Waals surface area contributed by atoms with Crippen molar-refractivity contribution in [3.8, 4) is 0 Å². The summed E-state index contributed by atoms with van der Waals surface area (Å²) in [5.74, 6) is 3.13. The molecule has 2 aliphatic heterocycles. The maximum Gasteiger partial charge on any atom is 0.0783 e. The molecule has 0 aromatic heterocycles. The molecule has 2 nitrogen and oxygen atoms in total. The summed E-state index contributed by atoms with van der Waals surface area (Å²) in [5, 5.41) is 3.60. The summed E-state index contributed by atoms with van der Waals surface area (Å²) in [6.07, 6.45) is 3.60. The van der Waals surface area contributed by atoms with Crippen LogP contribution in [0.15, 0.2) is 18.2 Å². The largest absolute Gasteiger partial charge is 0.374 e. The Hall–Kier alpha value is 0.220. The molecule has 1 N–H and O–H groups in total. The van der Waals surface area contributed by atoms with Crippen LogP contribution in [0.1, 0.15) is 36.4 Å². The third-order valence-corrected chi connectivity index (χ3v) is 7.63. The second-order valence-electron chi connectivity index (χ2n) is 6.33. The van der Waals surface area contributed by atoms with Gasteiger partial charge in [0.15, 0.2) is 0 Å². The van der Waals surface area contributed by atoms with E-state index in [-0.39, 0.29) is 5.60 Å². The topological polar surface area (TPSA) is 21.3 Å². The third-order valence-electron chi connectivity index (χ3n) is 4.94. The Balaban J connectivity index is 1.84. The molecule has 2 saturated heterocycles. The lowest BCUT2D eigenvalue weighted by molar-refractivity contribution is -0.0851. The quantitative estimate of drug-likeness (QED) is 0.747. The van der Waals surface area contributed by atoms with E-state index in [2.05, 4.69) is 71.8 Å². The van der Waals surface area contributed by atoms with E-state index < -0.39 is 0 Å². The molecule has 0 radical (unpaired) electrons. The van der Waals surface area contributed by atoms with Crippen LogP contribution in [0, 0.1) is 16.4 Å². The smallest absolute Gasteiger partial charge is 0.0783 e. The van der Waals surface area contributed by atoms with Gasteiger partial charge in [0.25, 0.3) is 0 Å². The van der Waals surface area contributed by atoms with Crippen LogP contribution >= 0.6 is 34.4 Å². The first-order chi connectivity index (χ1) is 10.2. The second-order valence-corrected chi connectivity index (χ2v) is 8.52. The Labute approximate surface area is 145 Å². The number of halogens is 1. The van der Waals surface area contributed by atoms with Crippen molar-refractivity contribution >= 4 is 34.4 Å². The zero-order valence-electron chi connectivity index (χ0n) is 12.8. The Morgan fingerprint density at radius 2 is 2.33 bits per heavy atom. The number of rotatable bonds is 3. The van der Waals surface area contributed by atoms with Gasteiger partial charge in [-0.3, -0.25) is 0 Å². The highest BCUT2D eigenvalue weighted by molar-refractivity contribution is 14.1. The molecular formula is C17H24INOS. The van der Waals surface area contributed by atoms with Crippen molar-refractivity contribution in [3.63, 3.8) is 0 Å². The lowest BCUT2D eigenvalue weighted by atomic mass is 9.79. The van der Waals surface area contributed by atoms with E-state index in [9.17, 15) is 0 Å². The Bertz CT molecular complexity index is 502. The number of thioether (sulfide) groups is 1. The van der Waals surface area contributed by atoms with E-state index in [1.165, 1.54) is 45.5 Å². The van der Waals surface area contributed by atoms with Crippen molar-refractivity contribution in [1.82, 2.24) is 5.32 Å². The van der Waals surface area contributed by atoms with Crippen LogP contribution in [0.25, 0.3) is 0 Å². The molecule has 0 amide bonds. The Morgan fingerprint density at radius 1 is 1.48 bits per heavy atom. The molecule has 116 valence electrons. The maximum atomic E-state index is 6.19. The number of hydrogen-bond acceptors (Lipinski definition) is 3. The zero-order chi connectivity index (χ0) is 14.9. The molecule has 3 atom stereocenters. The number of nitrogens with one attached hydrogen (secondary N) is 1. The minimum Gasteiger partial charge on any atom is -0.374 e. The fourth-order valence-electron chi connectivity index (χ4n) is 3.77. The van der Waals surface area contributed by atoms with Gasteiger partial charge in [-0.2, -0.15) is 11.8 Å². The summed E-state index contributed by atoms with van der Waals surface area (Å²) in [6.45, 7) is 3.13. The molecule has 1 spiro atoms. The standard InChI is InChI=1S/C17H24INOS/c1-12-4-3-5-14(15(12)18)16(19-2)13-6-8-20-17(10-13)7-9-21-11-17/h3-5,13,16,19H,6-11H2,1-2H3. The molecule has 1 aromatic carbocycles. The highest BCUT2D eigenvalue weighted by atomic mass is 127. The fourth-order valence-corrected chi connectivity index (χ4v) is 5.84. The predicted octanol–water partition coefficient (Wildman–Crippen LogP) is 4.16. The van der Waals surface area contributed by atoms with Crippen LogP contribution in [0.2, 0.25) is 0 Å². The van der Waals surface area contributed by atoms with Gasteiger partial charge in [-0.1, -0.05) is 18.2 Å². The molecule has 2 heterocycles. The lowest BCUT2D eigenvalue weighted by Crippen LogP contribution is -2.43. The molecule has 3 unspecified atom stereocenters. The van der Waals surface area contributed by atoms with Crippen molar-refractivity contribution in [2.24, 2.45) is 5.92 Å². The van der Waals surface area contributed by atoms with E-state index in [4.69, 9.17) is 4.74 Å². The average molecular weight is 417 g/mol. The summed E-state index contributed by atoms with van der Waals surface area (Å²) in [6, 6.07) is 7.14. The molecule has 4 heteroatoms. The number of hydrogen-bond donors (Lipinski definition) is 1. The summed E-state index contributed by atoms with van der Waals surface area (Å²) in [4.78, 5) is 0. The van der Waals surface area contributed by atoms with Crippen molar-refractivity contribution in [2.75, 3.05) is 25.2 Å². The normalized spacial score (nSPS) is 30.7. The second kappa shape index (κ2) is 6.77. The van der Waals surface area contributed by atoms with Gasteiger partial charge in [-0.05, 0) is 78.6 Å². The number of ether oxygens (including phenoxy) is 1. The minimum absolute atomic E-state index is 0.165. The molecule has 0 bridgehead atoms. The molecule has 21 heavy (non-hydrogen) atoms. The fraction of sp³-hybridized carbons (Fsp3) is 0.647. The van der Waals surface area contributed by atoms with E-state index in [1.54, 1.807) is 0 Å². The molecule has 2 aliphatic rings. The van der Waals surface area contributed by atoms with Crippen molar-refractivity contribution < 1.29 is 4.74 Å². The lowest BCUT2D eigenvalue weighted by Gasteiger charge is -2.41. The van der Waals surface area contributed by atoms with Crippen LogP contribution in [0.4, 0.5) is 0 Å². The van der Waals surface area contributed by atoms with Crippen LogP contribution < -0.4 is 5.32 Å². The molecular weight excluding hydrogens is 393 g/mol. The zero-order valence-corrected chi connectivity index (χ0v) is 15.8. The van der Waals surface area contributed by atoms with Gasteiger partial charge in [-0.25, -0.2) is 0 Å². The highest BCUT2D eigenvalue weighted by Gasteiger charge is 2.42. The monoisotopic (exact) mass is 417 g/mol. The summed E-state index contributed by atoms with van der Waals surface area (Å²) < 4.78 is 7.60. The van der Waals surface area contributed by atoms with E-state index >= 15 is 0 Å². The highest BCUT2D eigenvalue weighted by Crippen LogP contribution is 2.44. The first kappa shape index (κ1) is 16.1. The first-order valence-electron chi connectivity index (χ1n) is 7.79. The predicted molar refractivity (Wildman–Crippen MR) is 99.0 cm³/mol. The first-order valence-corrected chi connectivity index (χ1v) is 10.0. The summed E-state index contributed by atoms with van der Waals surface area (Å²) in [7, 11) is 2.11. The van der Waals surface area contributed by atoms with Gasteiger partial charge >= 0.3 is 0 Å². The van der Waals surface area contributed by atoms with Gasteiger partial charge in [0, 0.05) is 22.0 Å². The Morgan fingerprint density at radius 3 is 3.05 bits per heavy atom. The average Bonchev–Trinajstić information content (AvgIpc) is 2.92. The summed E-state index contributed by atoms with van der Waals surface area (Å²) in [5.41, 5.74) is 3.01. The molecule has 2 fully saturated rings. The minimum atomic E-state index is 0.165. The molecule has 0 saturated carbocycles. The number of aryl methyl sites for hydroxylation is 1. The van der Waals surface area contributed by atoms with Gasteiger partial charge in [-0.15, -0.1) is 0 Å². The summed E-state index contributed by atoms with van der Waals surface area (Å²) >= 11 is 4.56.